The lowest BCUT2D eigenvalue weighted by Gasteiger charge is -2.07. The number of Topliss-reactive ketones (excluding diaryl/α,β-unsaturated/α-hetero) is 1. The van der Waals surface area contributed by atoms with Crippen LogP contribution in [0.25, 0.3) is 0 Å². The van der Waals surface area contributed by atoms with Crippen LogP contribution in [0, 0.1) is 0 Å². The quantitative estimate of drug-likeness (QED) is 0.399. The van der Waals surface area contributed by atoms with E-state index in [1.807, 2.05) is 0 Å². The van der Waals surface area contributed by atoms with Crippen LogP contribution in [0.4, 0.5) is 5.69 Å². The third-order valence-corrected chi connectivity index (χ3v) is 2.52. The van der Waals surface area contributed by atoms with Gasteiger partial charge in [-0.1, -0.05) is 22.0 Å². The second-order valence-corrected chi connectivity index (χ2v) is 4.65. The first-order valence-corrected chi connectivity index (χ1v) is 5.55. The first-order chi connectivity index (χ1) is 7.47. The lowest BCUT2D eigenvalue weighted by atomic mass is 10.0. The fourth-order valence-corrected chi connectivity index (χ4v) is 1.51. The first kappa shape index (κ1) is 12.7. The lowest BCUT2D eigenvalue weighted by Crippen LogP contribution is -2.12. The van der Waals surface area contributed by atoms with Crippen molar-refractivity contribution in [2.45, 2.75) is 11.8 Å². The Balaban J connectivity index is 3.09. The van der Waals surface area contributed by atoms with E-state index in [-0.39, 0.29) is 21.9 Å². The van der Waals surface area contributed by atoms with Crippen molar-refractivity contribution in [2.75, 3.05) is 12.8 Å². The molecule has 0 heterocycles. The molecule has 0 radical (unpaired) electrons. The number of carbonyl (C=O) groups excluding carboxylic acids is 2. The van der Waals surface area contributed by atoms with Crippen LogP contribution in [0.1, 0.15) is 27.6 Å². The summed E-state index contributed by atoms with van der Waals surface area (Å²) in [4.78, 5) is 22.6. The van der Waals surface area contributed by atoms with Gasteiger partial charge in [-0.15, -0.1) is 0 Å². The van der Waals surface area contributed by atoms with Gasteiger partial charge in [0.2, 0.25) is 0 Å². The van der Waals surface area contributed by atoms with Gasteiger partial charge in [0.25, 0.3) is 0 Å². The van der Waals surface area contributed by atoms with Crippen molar-refractivity contribution >= 4 is 33.4 Å². The van der Waals surface area contributed by atoms with Gasteiger partial charge < -0.3 is 10.5 Å². The second-order valence-electron chi connectivity index (χ2n) is 3.27. The standard InChI is InChI=1S/C11H12BrNO3/c1-6(12)10(14)7-3-4-8(9(13)5-7)11(15)16-2/h3-6H,13H2,1-2H3. The summed E-state index contributed by atoms with van der Waals surface area (Å²) in [5.41, 5.74) is 6.64. The molecule has 4 nitrogen and oxygen atoms in total. The van der Waals surface area contributed by atoms with Crippen LogP contribution in [-0.4, -0.2) is 23.7 Å². The molecule has 0 fully saturated rings. The molecule has 0 aliphatic carbocycles. The third-order valence-electron chi connectivity index (χ3n) is 2.10. The van der Waals surface area contributed by atoms with Crippen LogP contribution in [-0.2, 0) is 4.74 Å². The molecular weight excluding hydrogens is 274 g/mol. The topological polar surface area (TPSA) is 69.4 Å². The zero-order chi connectivity index (χ0) is 12.3. The number of ketones is 1. The maximum absolute atomic E-state index is 11.6. The summed E-state index contributed by atoms with van der Waals surface area (Å²) in [6.07, 6.45) is 0. The van der Waals surface area contributed by atoms with Crippen molar-refractivity contribution in [1.29, 1.82) is 0 Å². The van der Waals surface area contributed by atoms with Crippen LogP contribution in [0.15, 0.2) is 18.2 Å². The number of methoxy groups -OCH3 is 1. The second kappa shape index (κ2) is 5.12. The van der Waals surface area contributed by atoms with Gasteiger partial charge in [-0.25, -0.2) is 4.79 Å². The Morgan fingerprint density at radius 2 is 2.06 bits per heavy atom. The van der Waals surface area contributed by atoms with E-state index in [9.17, 15) is 9.59 Å². The molecular formula is C11H12BrNO3. The van der Waals surface area contributed by atoms with E-state index in [1.165, 1.54) is 19.2 Å². The van der Waals surface area contributed by atoms with Gasteiger partial charge >= 0.3 is 5.97 Å². The molecule has 0 aromatic heterocycles. The van der Waals surface area contributed by atoms with E-state index in [0.29, 0.717) is 5.56 Å². The van der Waals surface area contributed by atoms with Crippen molar-refractivity contribution in [1.82, 2.24) is 0 Å². The lowest BCUT2D eigenvalue weighted by molar-refractivity contribution is 0.0601. The molecule has 0 bridgehead atoms. The largest absolute Gasteiger partial charge is 0.465 e. The molecule has 0 saturated carbocycles. The molecule has 2 N–H and O–H groups in total. The number of anilines is 1. The molecule has 1 aromatic carbocycles. The Bertz CT molecular complexity index is 429. The van der Waals surface area contributed by atoms with Crippen molar-refractivity contribution in [3.8, 4) is 0 Å². The number of nitrogen functional groups attached to an aromatic ring is 1. The molecule has 0 saturated heterocycles. The fraction of sp³-hybridized carbons (Fsp3) is 0.273. The van der Waals surface area contributed by atoms with Gasteiger partial charge in [-0.3, -0.25) is 4.79 Å². The maximum Gasteiger partial charge on any atom is 0.339 e. The van der Waals surface area contributed by atoms with Crippen LogP contribution < -0.4 is 5.73 Å². The van der Waals surface area contributed by atoms with E-state index >= 15 is 0 Å². The highest BCUT2D eigenvalue weighted by molar-refractivity contribution is 9.10. The van der Waals surface area contributed by atoms with Crippen molar-refractivity contribution in [2.24, 2.45) is 0 Å². The number of esters is 1. The number of nitrogens with two attached hydrogens (primary N) is 1. The summed E-state index contributed by atoms with van der Waals surface area (Å²) < 4.78 is 4.55. The zero-order valence-corrected chi connectivity index (χ0v) is 10.6. The highest BCUT2D eigenvalue weighted by atomic mass is 79.9. The minimum Gasteiger partial charge on any atom is -0.465 e. The van der Waals surface area contributed by atoms with E-state index in [4.69, 9.17) is 5.73 Å². The zero-order valence-electron chi connectivity index (χ0n) is 8.99. The number of hydrogen-bond acceptors (Lipinski definition) is 4. The molecule has 1 unspecified atom stereocenters. The van der Waals surface area contributed by atoms with Gasteiger partial charge in [0.15, 0.2) is 5.78 Å². The highest BCUT2D eigenvalue weighted by Crippen LogP contribution is 2.18. The Labute approximate surface area is 102 Å². The van der Waals surface area contributed by atoms with Crippen LogP contribution in [0.5, 0.6) is 0 Å². The van der Waals surface area contributed by atoms with E-state index in [1.54, 1.807) is 13.0 Å². The van der Waals surface area contributed by atoms with Crippen molar-refractivity contribution in [3.05, 3.63) is 29.3 Å². The van der Waals surface area contributed by atoms with E-state index in [0.717, 1.165) is 0 Å². The minimum atomic E-state index is -0.511. The Kier molecular flexibility index (Phi) is 4.06. The van der Waals surface area contributed by atoms with Gasteiger partial charge in [0.05, 0.1) is 17.5 Å². The fourth-order valence-electron chi connectivity index (χ4n) is 1.24. The number of hydrogen-bond donors (Lipinski definition) is 1. The number of benzene rings is 1. The third kappa shape index (κ3) is 2.61. The SMILES string of the molecule is COC(=O)c1ccc(C(=O)C(C)Br)cc1N. The molecule has 1 rings (SSSR count). The molecule has 86 valence electrons. The number of carbonyl (C=O) groups is 2. The van der Waals surface area contributed by atoms with Crippen LogP contribution in [0.2, 0.25) is 0 Å². The van der Waals surface area contributed by atoms with Crippen LogP contribution in [0.3, 0.4) is 0 Å². The van der Waals surface area contributed by atoms with E-state index in [2.05, 4.69) is 20.7 Å². The monoisotopic (exact) mass is 285 g/mol. The number of rotatable bonds is 3. The molecule has 16 heavy (non-hydrogen) atoms. The van der Waals surface area contributed by atoms with Gasteiger partial charge in [-0.05, 0) is 19.1 Å². The first-order valence-electron chi connectivity index (χ1n) is 4.63. The Morgan fingerprint density at radius 1 is 1.44 bits per heavy atom. The molecule has 0 aliphatic heterocycles. The number of ether oxygens (including phenoxy) is 1. The summed E-state index contributed by atoms with van der Waals surface area (Å²) in [6.45, 7) is 1.73. The summed E-state index contributed by atoms with van der Waals surface area (Å²) >= 11 is 3.18. The summed E-state index contributed by atoms with van der Waals surface area (Å²) in [5, 5.41) is 0. The molecule has 1 aromatic rings. The molecule has 5 heteroatoms. The predicted molar refractivity (Wildman–Crippen MR) is 64.9 cm³/mol. The molecule has 0 aliphatic rings. The minimum absolute atomic E-state index is 0.0804. The number of halogens is 1. The molecule has 0 spiro atoms. The molecule has 0 amide bonds. The van der Waals surface area contributed by atoms with Gasteiger partial charge in [-0.2, -0.15) is 0 Å². The Morgan fingerprint density at radius 3 is 2.50 bits per heavy atom. The van der Waals surface area contributed by atoms with Gasteiger partial charge in [0.1, 0.15) is 0 Å². The van der Waals surface area contributed by atoms with Crippen molar-refractivity contribution < 1.29 is 14.3 Å². The summed E-state index contributed by atoms with van der Waals surface area (Å²) in [7, 11) is 1.28. The Hall–Kier alpha value is -1.36. The number of alkyl halides is 1. The average Bonchev–Trinajstić information content (AvgIpc) is 2.26. The summed E-state index contributed by atoms with van der Waals surface area (Å²) in [6, 6.07) is 4.53. The average molecular weight is 286 g/mol. The highest BCUT2D eigenvalue weighted by Gasteiger charge is 2.15. The van der Waals surface area contributed by atoms with Crippen molar-refractivity contribution in [3.63, 3.8) is 0 Å². The predicted octanol–water partition coefficient (Wildman–Crippen LogP) is 2.02. The normalized spacial score (nSPS) is 11.9. The van der Waals surface area contributed by atoms with E-state index < -0.39 is 5.97 Å². The molecule has 1 atom stereocenters. The smallest absolute Gasteiger partial charge is 0.339 e. The summed E-state index contributed by atoms with van der Waals surface area (Å²) in [5.74, 6) is -0.591. The van der Waals surface area contributed by atoms with Crippen LogP contribution >= 0.6 is 15.9 Å². The maximum atomic E-state index is 11.6. The van der Waals surface area contributed by atoms with Gasteiger partial charge in [0, 0.05) is 11.3 Å².